The molecule has 1 aromatic rings. The number of nitrogens with one attached hydrogen (secondary N) is 1. The van der Waals surface area contributed by atoms with Crippen molar-refractivity contribution < 1.29 is 4.74 Å². The first kappa shape index (κ1) is 11.6. The van der Waals surface area contributed by atoms with Gasteiger partial charge in [-0.2, -0.15) is 0 Å². The second kappa shape index (κ2) is 6.92. The van der Waals surface area contributed by atoms with Crippen molar-refractivity contribution in [3.63, 3.8) is 0 Å². The lowest BCUT2D eigenvalue weighted by Gasteiger charge is -2.09. The third-order valence-electron chi connectivity index (χ3n) is 2.01. The topological polar surface area (TPSA) is 21.3 Å². The average molecular weight is 203 g/mol. The van der Waals surface area contributed by atoms with E-state index in [0.29, 0.717) is 6.61 Å². The molecule has 0 atom stereocenters. The third kappa shape index (κ3) is 4.05. The number of hydrogen-bond acceptors (Lipinski definition) is 2. The highest BCUT2D eigenvalue weighted by Crippen LogP contribution is 2.17. The van der Waals surface area contributed by atoms with Gasteiger partial charge in [-0.05, 0) is 19.5 Å². The summed E-state index contributed by atoms with van der Waals surface area (Å²) in [5, 5.41) is 3.28. The van der Waals surface area contributed by atoms with Gasteiger partial charge in [-0.25, -0.2) is 0 Å². The van der Waals surface area contributed by atoms with E-state index in [9.17, 15) is 0 Å². The number of para-hydroxylation sites is 1. The number of rotatable bonds is 5. The zero-order valence-electron chi connectivity index (χ0n) is 9.34. The summed E-state index contributed by atoms with van der Waals surface area (Å²) in [6.45, 7) is 6.16. The Labute approximate surface area is 91.6 Å². The minimum Gasteiger partial charge on any atom is -0.481 e. The van der Waals surface area contributed by atoms with Gasteiger partial charge in [0, 0.05) is 12.1 Å². The van der Waals surface area contributed by atoms with E-state index in [0.717, 1.165) is 18.8 Å². The fourth-order valence-corrected chi connectivity index (χ4v) is 1.24. The molecule has 80 valence electrons. The molecule has 0 spiro atoms. The van der Waals surface area contributed by atoms with Crippen LogP contribution in [0.2, 0.25) is 0 Å². The molecular weight excluding hydrogens is 186 g/mol. The maximum absolute atomic E-state index is 5.56. The molecule has 0 aliphatic carbocycles. The van der Waals surface area contributed by atoms with Crippen LogP contribution < -0.4 is 10.1 Å². The Balaban J connectivity index is 2.62. The van der Waals surface area contributed by atoms with Crippen LogP contribution in [0.15, 0.2) is 24.3 Å². The lowest BCUT2D eigenvalue weighted by Crippen LogP contribution is -2.12. The van der Waals surface area contributed by atoms with Crippen molar-refractivity contribution in [3.8, 4) is 17.6 Å². The molecule has 0 saturated heterocycles. The second-order valence-corrected chi connectivity index (χ2v) is 3.10. The standard InChI is InChI=1S/C13H17NO/c1-3-5-10-15-13-9-7-6-8-12(13)11-14-4-2/h6-9,14H,4,10-11H2,1-2H3. The summed E-state index contributed by atoms with van der Waals surface area (Å²) in [7, 11) is 0. The van der Waals surface area contributed by atoms with Crippen LogP contribution in [0.25, 0.3) is 0 Å². The van der Waals surface area contributed by atoms with Crippen LogP contribution in [0.5, 0.6) is 5.75 Å². The third-order valence-corrected chi connectivity index (χ3v) is 2.01. The van der Waals surface area contributed by atoms with Gasteiger partial charge in [0.25, 0.3) is 0 Å². The zero-order valence-corrected chi connectivity index (χ0v) is 9.34. The van der Waals surface area contributed by atoms with E-state index in [1.54, 1.807) is 0 Å². The molecule has 2 nitrogen and oxygen atoms in total. The van der Waals surface area contributed by atoms with Crippen LogP contribution in [-0.4, -0.2) is 13.2 Å². The van der Waals surface area contributed by atoms with Gasteiger partial charge in [-0.3, -0.25) is 0 Å². The molecule has 0 aliphatic rings. The van der Waals surface area contributed by atoms with Crippen LogP contribution >= 0.6 is 0 Å². The minimum absolute atomic E-state index is 0.458. The van der Waals surface area contributed by atoms with E-state index in [1.165, 1.54) is 5.56 Å². The summed E-state index contributed by atoms with van der Waals surface area (Å²) in [6, 6.07) is 8.04. The average Bonchev–Trinajstić information content (AvgIpc) is 2.28. The van der Waals surface area contributed by atoms with Gasteiger partial charge >= 0.3 is 0 Å². The molecule has 0 bridgehead atoms. The smallest absolute Gasteiger partial charge is 0.149 e. The molecule has 0 radical (unpaired) electrons. The van der Waals surface area contributed by atoms with E-state index in [2.05, 4.69) is 30.1 Å². The molecule has 0 aliphatic heterocycles. The number of hydrogen-bond donors (Lipinski definition) is 1. The van der Waals surface area contributed by atoms with Crippen molar-refractivity contribution in [2.75, 3.05) is 13.2 Å². The molecule has 0 aromatic heterocycles. The first-order valence-corrected chi connectivity index (χ1v) is 5.19. The highest BCUT2D eigenvalue weighted by Gasteiger charge is 2.00. The van der Waals surface area contributed by atoms with Crippen LogP contribution in [0.3, 0.4) is 0 Å². The van der Waals surface area contributed by atoms with E-state index in [4.69, 9.17) is 4.74 Å². The van der Waals surface area contributed by atoms with E-state index < -0.39 is 0 Å². The quantitative estimate of drug-likeness (QED) is 0.741. The van der Waals surface area contributed by atoms with Crippen molar-refractivity contribution in [1.82, 2.24) is 5.32 Å². The fourth-order valence-electron chi connectivity index (χ4n) is 1.24. The lowest BCUT2D eigenvalue weighted by atomic mass is 10.2. The van der Waals surface area contributed by atoms with Crippen molar-refractivity contribution >= 4 is 0 Å². The summed E-state index contributed by atoms with van der Waals surface area (Å²) in [5.41, 5.74) is 1.18. The minimum atomic E-state index is 0.458. The van der Waals surface area contributed by atoms with E-state index >= 15 is 0 Å². The van der Waals surface area contributed by atoms with E-state index in [1.807, 2.05) is 25.1 Å². The molecule has 1 N–H and O–H groups in total. The van der Waals surface area contributed by atoms with Crippen molar-refractivity contribution in [2.24, 2.45) is 0 Å². The summed E-state index contributed by atoms with van der Waals surface area (Å²) >= 11 is 0. The summed E-state index contributed by atoms with van der Waals surface area (Å²) in [6.07, 6.45) is 0. The van der Waals surface area contributed by atoms with Gasteiger partial charge in [0.05, 0.1) is 0 Å². The van der Waals surface area contributed by atoms with Crippen molar-refractivity contribution in [3.05, 3.63) is 29.8 Å². The Morgan fingerprint density at radius 2 is 2.13 bits per heavy atom. The zero-order chi connectivity index (χ0) is 10.9. The molecule has 1 aromatic carbocycles. The molecule has 0 saturated carbocycles. The molecule has 1 rings (SSSR count). The Kier molecular flexibility index (Phi) is 5.35. The van der Waals surface area contributed by atoms with Gasteiger partial charge in [0.2, 0.25) is 0 Å². The first-order valence-electron chi connectivity index (χ1n) is 5.19. The molecule has 0 heterocycles. The number of benzene rings is 1. The predicted molar refractivity (Wildman–Crippen MR) is 62.8 cm³/mol. The molecule has 2 heteroatoms. The first-order chi connectivity index (χ1) is 7.38. The highest BCUT2D eigenvalue weighted by atomic mass is 16.5. The second-order valence-electron chi connectivity index (χ2n) is 3.10. The highest BCUT2D eigenvalue weighted by molar-refractivity contribution is 5.33. The monoisotopic (exact) mass is 203 g/mol. The Morgan fingerprint density at radius 1 is 1.33 bits per heavy atom. The summed E-state index contributed by atoms with van der Waals surface area (Å²) in [4.78, 5) is 0. The molecular formula is C13H17NO. The van der Waals surface area contributed by atoms with Gasteiger partial charge in [0.15, 0.2) is 0 Å². The Bertz CT molecular complexity index is 349. The van der Waals surface area contributed by atoms with Gasteiger partial charge < -0.3 is 10.1 Å². The van der Waals surface area contributed by atoms with Crippen molar-refractivity contribution in [1.29, 1.82) is 0 Å². The maximum atomic E-state index is 5.56. The van der Waals surface area contributed by atoms with Gasteiger partial charge in [-0.1, -0.05) is 31.0 Å². The fraction of sp³-hybridized carbons (Fsp3) is 0.385. The normalized spacial score (nSPS) is 9.20. The van der Waals surface area contributed by atoms with Crippen LogP contribution in [0.1, 0.15) is 19.4 Å². The lowest BCUT2D eigenvalue weighted by molar-refractivity contribution is 0.365. The molecule has 0 fully saturated rings. The van der Waals surface area contributed by atoms with Crippen LogP contribution in [-0.2, 0) is 6.54 Å². The number of ether oxygens (including phenoxy) is 1. The largest absolute Gasteiger partial charge is 0.481 e. The predicted octanol–water partition coefficient (Wildman–Crippen LogP) is 2.20. The van der Waals surface area contributed by atoms with Gasteiger partial charge in [0.1, 0.15) is 12.4 Å². The van der Waals surface area contributed by atoms with Crippen molar-refractivity contribution in [2.45, 2.75) is 20.4 Å². The SMILES string of the molecule is CC#CCOc1ccccc1CNCC. The molecule has 0 unspecified atom stereocenters. The maximum Gasteiger partial charge on any atom is 0.149 e. The summed E-state index contributed by atoms with van der Waals surface area (Å²) < 4.78 is 5.56. The molecule has 15 heavy (non-hydrogen) atoms. The van der Waals surface area contributed by atoms with E-state index in [-0.39, 0.29) is 0 Å². The Hall–Kier alpha value is -1.46. The summed E-state index contributed by atoms with van der Waals surface area (Å²) in [5.74, 6) is 6.62. The van der Waals surface area contributed by atoms with Crippen LogP contribution in [0.4, 0.5) is 0 Å². The van der Waals surface area contributed by atoms with Crippen LogP contribution in [0, 0.1) is 11.8 Å². The Morgan fingerprint density at radius 3 is 2.87 bits per heavy atom. The van der Waals surface area contributed by atoms with Gasteiger partial charge in [-0.15, -0.1) is 5.92 Å². The molecule has 0 amide bonds.